The lowest BCUT2D eigenvalue weighted by molar-refractivity contribution is -0.538. The first-order valence-electron chi connectivity index (χ1n) is 4.50. The standard InChI is InChI=1S/C12H12NS/c1-14-10-9-13-8-4-6-11-5-2-3-7-12(11)13/h2-10H,1H3/q+1. The van der Waals surface area contributed by atoms with Crippen molar-refractivity contribution in [2.45, 2.75) is 0 Å². The Morgan fingerprint density at radius 2 is 1.93 bits per heavy atom. The first kappa shape index (κ1) is 9.28. The van der Waals surface area contributed by atoms with Crippen molar-refractivity contribution in [3.8, 4) is 0 Å². The average molecular weight is 202 g/mol. The Morgan fingerprint density at radius 3 is 2.79 bits per heavy atom. The van der Waals surface area contributed by atoms with Gasteiger partial charge in [-0.1, -0.05) is 12.1 Å². The van der Waals surface area contributed by atoms with Gasteiger partial charge in [0.15, 0.2) is 12.4 Å². The van der Waals surface area contributed by atoms with Crippen molar-refractivity contribution in [3.63, 3.8) is 0 Å². The molecule has 0 aliphatic rings. The van der Waals surface area contributed by atoms with Gasteiger partial charge in [-0.3, -0.25) is 0 Å². The molecule has 0 fully saturated rings. The van der Waals surface area contributed by atoms with E-state index in [1.54, 1.807) is 11.8 Å². The van der Waals surface area contributed by atoms with E-state index in [2.05, 4.69) is 65.0 Å². The Labute approximate surface area is 88.1 Å². The van der Waals surface area contributed by atoms with E-state index >= 15 is 0 Å². The molecule has 2 rings (SSSR count). The van der Waals surface area contributed by atoms with E-state index in [1.807, 2.05) is 0 Å². The molecule has 14 heavy (non-hydrogen) atoms. The van der Waals surface area contributed by atoms with Gasteiger partial charge in [0.05, 0.1) is 0 Å². The quantitative estimate of drug-likeness (QED) is 0.677. The van der Waals surface area contributed by atoms with Gasteiger partial charge < -0.3 is 0 Å². The minimum Gasteiger partial charge on any atom is -0.166 e. The topological polar surface area (TPSA) is 3.88 Å². The van der Waals surface area contributed by atoms with Gasteiger partial charge in [-0.25, -0.2) is 0 Å². The number of thioether (sulfide) groups is 1. The lowest BCUT2D eigenvalue weighted by Crippen LogP contribution is -2.25. The average Bonchev–Trinajstić information content (AvgIpc) is 2.26. The Bertz CT molecular complexity index is 457. The molecule has 0 saturated heterocycles. The number of hydrogen-bond acceptors (Lipinski definition) is 1. The third-order valence-electron chi connectivity index (χ3n) is 2.09. The third-order valence-corrected chi connectivity index (χ3v) is 2.49. The molecule has 0 spiro atoms. The highest BCUT2D eigenvalue weighted by molar-refractivity contribution is 8.01. The summed E-state index contributed by atoms with van der Waals surface area (Å²) in [6.45, 7) is 0. The molecule has 0 N–H and O–H groups in total. The van der Waals surface area contributed by atoms with E-state index in [1.165, 1.54) is 10.9 Å². The SMILES string of the molecule is CSC=C[n+]1cccc2ccccc21. The number of para-hydroxylation sites is 1. The summed E-state index contributed by atoms with van der Waals surface area (Å²) in [5, 5.41) is 3.34. The molecule has 1 nitrogen and oxygen atoms in total. The van der Waals surface area contributed by atoms with Crippen LogP contribution >= 0.6 is 11.8 Å². The first-order valence-corrected chi connectivity index (χ1v) is 5.79. The molecule has 0 atom stereocenters. The summed E-state index contributed by atoms with van der Waals surface area (Å²) in [6.07, 6.45) is 6.20. The Morgan fingerprint density at radius 1 is 1.14 bits per heavy atom. The van der Waals surface area contributed by atoms with E-state index in [0.29, 0.717) is 0 Å². The van der Waals surface area contributed by atoms with Gasteiger partial charge in [0.25, 0.3) is 0 Å². The van der Waals surface area contributed by atoms with Crippen LogP contribution in [0.3, 0.4) is 0 Å². The van der Waals surface area contributed by atoms with Crippen molar-refractivity contribution in [2.24, 2.45) is 0 Å². The Hall–Kier alpha value is -1.28. The summed E-state index contributed by atoms with van der Waals surface area (Å²) in [4.78, 5) is 0. The lowest BCUT2D eigenvalue weighted by atomic mass is 10.2. The predicted octanol–water partition coefficient (Wildman–Crippen LogP) is 2.92. The molecule has 1 aromatic carbocycles. The number of fused-ring (bicyclic) bond motifs is 1. The smallest absolute Gasteiger partial charge is 0.166 e. The molecular weight excluding hydrogens is 190 g/mol. The normalized spacial score (nSPS) is 11.2. The van der Waals surface area contributed by atoms with Crippen molar-refractivity contribution < 1.29 is 4.57 Å². The number of rotatable bonds is 2. The molecule has 0 radical (unpaired) electrons. The van der Waals surface area contributed by atoms with Gasteiger partial charge in [0.2, 0.25) is 5.52 Å². The summed E-state index contributed by atoms with van der Waals surface area (Å²) in [5.41, 5.74) is 1.24. The molecule has 0 unspecified atom stereocenters. The van der Waals surface area contributed by atoms with Crippen LogP contribution in [0.1, 0.15) is 0 Å². The van der Waals surface area contributed by atoms with Gasteiger partial charge in [0.1, 0.15) is 0 Å². The van der Waals surface area contributed by atoms with Crippen molar-refractivity contribution in [1.29, 1.82) is 0 Å². The highest BCUT2D eigenvalue weighted by Crippen LogP contribution is 2.08. The number of benzene rings is 1. The molecule has 0 aliphatic heterocycles. The molecule has 0 amide bonds. The highest BCUT2D eigenvalue weighted by Gasteiger charge is 2.02. The fraction of sp³-hybridized carbons (Fsp3) is 0.0833. The number of hydrogen-bond donors (Lipinski definition) is 0. The van der Waals surface area contributed by atoms with Crippen LogP contribution in [-0.2, 0) is 0 Å². The second kappa shape index (κ2) is 4.29. The minimum atomic E-state index is 1.24. The number of pyridine rings is 1. The molecule has 0 saturated carbocycles. The molecule has 2 aromatic rings. The maximum atomic E-state index is 2.13. The largest absolute Gasteiger partial charge is 0.217 e. The van der Waals surface area contributed by atoms with Crippen LogP contribution in [0.25, 0.3) is 17.1 Å². The Balaban J connectivity index is 2.59. The van der Waals surface area contributed by atoms with Gasteiger partial charge in [-0.2, -0.15) is 4.57 Å². The molecule has 70 valence electrons. The highest BCUT2D eigenvalue weighted by atomic mass is 32.2. The number of aromatic nitrogens is 1. The van der Waals surface area contributed by atoms with Gasteiger partial charge in [-0.05, 0) is 18.4 Å². The van der Waals surface area contributed by atoms with E-state index in [4.69, 9.17) is 0 Å². The predicted molar refractivity (Wildman–Crippen MR) is 63.0 cm³/mol. The van der Waals surface area contributed by atoms with Crippen LogP contribution in [0.4, 0.5) is 0 Å². The first-order chi connectivity index (χ1) is 6.92. The summed E-state index contributed by atoms with van der Waals surface area (Å²) in [6, 6.07) is 12.6. The van der Waals surface area contributed by atoms with Crippen molar-refractivity contribution >= 4 is 28.9 Å². The van der Waals surface area contributed by atoms with Crippen LogP contribution in [-0.4, -0.2) is 6.26 Å². The van der Waals surface area contributed by atoms with Gasteiger partial charge in [-0.15, -0.1) is 11.8 Å². The summed E-state index contributed by atoms with van der Waals surface area (Å²) < 4.78 is 2.13. The van der Waals surface area contributed by atoms with Crippen molar-refractivity contribution in [3.05, 3.63) is 48.0 Å². The summed E-state index contributed by atoms with van der Waals surface area (Å²) >= 11 is 1.70. The Kier molecular flexibility index (Phi) is 2.84. The van der Waals surface area contributed by atoms with Crippen LogP contribution in [0.2, 0.25) is 0 Å². The maximum Gasteiger partial charge on any atom is 0.217 e. The maximum absolute atomic E-state index is 2.13. The van der Waals surface area contributed by atoms with Crippen LogP contribution in [0.5, 0.6) is 0 Å². The van der Waals surface area contributed by atoms with E-state index in [9.17, 15) is 0 Å². The van der Waals surface area contributed by atoms with Gasteiger partial charge >= 0.3 is 0 Å². The second-order valence-corrected chi connectivity index (χ2v) is 3.74. The lowest BCUT2D eigenvalue weighted by Gasteiger charge is -1.94. The zero-order valence-corrected chi connectivity index (χ0v) is 8.87. The fourth-order valence-corrected chi connectivity index (χ4v) is 1.69. The zero-order chi connectivity index (χ0) is 9.80. The molecule has 1 heterocycles. The summed E-state index contributed by atoms with van der Waals surface area (Å²) in [7, 11) is 0. The fourth-order valence-electron chi connectivity index (χ4n) is 1.44. The van der Waals surface area contributed by atoms with Crippen LogP contribution in [0, 0.1) is 0 Å². The van der Waals surface area contributed by atoms with Crippen LogP contribution < -0.4 is 4.57 Å². The van der Waals surface area contributed by atoms with E-state index in [-0.39, 0.29) is 0 Å². The molecule has 2 heteroatoms. The monoisotopic (exact) mass is 202 g/mol. The second-order valence-electron chi connectivity index (χ2n) is 3.00. The molecule has 0 aliphatic carbocycles. The van der Waals surface area contributed by atoms with E-state index in [0.717, 1.165) is 0 Å². The van der Waals surface area contributed by atoms with Crippen molar-refractivity contribution in [1.82, 2.24) is 0 Å². The third kappa shape index (κ3) is 1.80. The summed E-state index contributed by atoms with van der Waals surface area (Å²) in [5.74, 6) is 0. The molecule has 1 aromatic heterocycles. The number of nitrogens with zero attached hydrogens (tertiary/aromatic N) is 1. The zero-order valence-electron chi connectivity index (χ0n) is 8.05. The molecular formula is C12H12NS+. The van der Waals surface area contributed by atoms with Crippen LogP contribution in [0.15, 0.2) is 48.0 Å². The van der Waals surface area contributed by atoms with Crippen molar-refractivity contribution in [2.75, 3.05) is 6.26 Å². The van der Waals surface area contributed by atoms with E-state index < -0.39 is 0 Å². The minimum absolute atomic E-state index is 1.24. The van der Waals surface area contributed by atoms with Gasteiger partial charge in [0, 0.05) is 22.9 Å². The molecule has 0 bridgehead atoms.